The number of hydrogen-bond acceptors (Lipinski definition) is 1. The van der Waals surface area contributed by atoms with Gasteiger partial charge in [0, 0.05) is 0 Å². The van der Waals surface area contributed by atoms with Crippen LogP contribution in [0.15, 0.2) is 24.3 Å². The molecule has 0 bridgehead atoms. The maximum atomic E-state index is 9.70. The van der Waals surface area contributed by atoms with Crippen molar-refractivity contribution in [3.63, 3.8) is 0 Å². The molecule has 0 amide bonds. The van der Waals surface area contributed by atoms with Crippen LogP contribution in [-0.4, -0.2) is 42.8 Å². The van der Waals surface area contributed by atoms with Gasteiger partial charge in [-0.15, -0.1) is 0 Å². The van der Waals surface area contributed by atoms with Crippen molar-refractivity contribution in [2.24, 2.45) is 0 Å². The van der Waals surface area contributed by atoms with Crippen LogP contribution >= 0.6 is 0 Å². The molecule has 0 unspecified atom stereocenters. The number of benzene rings is 1. The summed E-state index contributed by atoms with van der Waals surface area (Å²) in [5.74, 6) is 0.460. The van der Waals surface area contributed by atoms with E-state index in [4.69, 9.17) is 0 Å². The Bertz CT molecular complexity index is 365. The Labute approximate surface area is 174 Å². The third-order valence-electron chi connectivity index (χ3n) is 4.54. The normalized spacial score (nSPS) is 10.5. The summed E-state index contributed by atoms with van der Waals surface area (Å²) in [6, 6.07) is 7.73. The molecule has 0 fully saturated rings. The van der Waals surface area contributed by atoms with Gasteiger partial charge in [0.05, 0.1) is 0 Å². The van der Waals surface area contributed by atoms with Gasteiger partial charge in [-0.25, -0.2) is 0 Å². The fourth-order valence-corrected chi connectivity index (χ4v) is 3.06. The summed E-state index contributed by atoms with van der Waals surface area (Å²) in [6.07, 6.45) is 19.1. The average molecular weight is 347 g/mol. The molecule has 0 radical (unpaired) electrons. The Morgan fingerprint density at radius 2 is 1.09 bits per heavy atom. The maximum absolute atomic E-state index is 9.70. The molecule has 2 heteroatoms. The molecule has 1 aromatic carbocycles. The molecule has 0 saturated carbocycles. The number of phenolic OH excluding ortho intramolecular Hbond substituents is 1. The topological polar surface area (TPSA) is 20.2 Å². The predicted octanol–water partition coefficient (Wildman–Crippen LogP) is 6.11. The SMILES string of the molecule is CCCCCCCCCCCCCCCc1ccccc1O.[CaH2]. The molecule has 1 N–H and O–H groups in total. The van der Waals surface area contributed by atoms with E-state index in [2.05, 4.69) is 6.92 Å². The van der Waals surface area contributed by atoms with Gasteiger partial charge < -0.3 is 5.11 Å². The Kier molecular flexibility index (Phi) is 17.3. The molecule has 130 valence electrons. The fraction of sp³-hybridized carbons (Fsp3) is 0.714. The van der Waals surface area contributed by atoms with Crippen molar-refractivity contribution in [2.75, 3.05) is 0 Å². The van der Waals surface area contributed by atoms with Crippen LogP contribution in [0.1, 0.15) is 96.0 Å². The molecular weight excluding hydrogens is 308 g/mol. The van der Waals surface area contributed by atoms with Crippen LogP contribution in [0.5, 0.6) is 5.75 Å². The van der Waals surface area contributed by atoms with E-state index in [1.807, 2.05) is 18.2 Å². The molecule has 0 atom stereocenters. The molecule has 1 nitrogen and oxygen atoms in total. The zero-order valence-electron chi connectivity index (χ0n) is 14.7. The molecule has 0 saturated heterocycles. The van der Waals surface area contributed by atoms with E-state index in [1.54, 1.807) is 6.07 Å². The number of hydrogen-bond donors (Lipinski definition) is 1. The van der Waals surface area contributed by atoms with Gasteiger partial charge in [0.1, 0.15) is 5.75 Å². The van der Waals surface area contributed by atoms with Gasteiger partial charge in [-0.05, 0) is 24.5 Å². The molecular formula is C21H38CaO. The zero-order chi connectivity index (χ0) is 15.9. The third-order valence-corrected chi connectivity index (χ3v) is 4.54. The second-order valence-electron chi connectivity index (χ2n) is 6.62. The first kappa shape index (κ1) is 23.3. The van der Waals surface area contributed by atoms with Crippen LogP contribution in [0.2, 0.25) is 0 Å². The number of rotatable bonds is 14. The fourth-order valence-electron chi connectivity index (χ4n) is 3.06. The van der Waals surface area contributed by atoms with Crippen LogP contribution in [0.3, 0.4) is 0 Å². The van der Waals surface area contributed by atoms with E-state index < -0.39 is 0 Å². The minimum absolute atomic E-state index is 0. The summed E-state index contributed by atoms with van der Waals surface area (Å²) in [7, 11) is 0. The van der Waals surface area contributed by atoms with Crippen LogP contribution in [-0.2, 0) is 6.42 Å². The van der Waals surface area contributed by atoms with Gasteiger partial charge >= 0.3 is 37.7 Å². The van der Waals surface area contributed by atoms with E-state index in [0.29, 0.717) is 5.75 Å². The summed E-state index contributed by atoms with van der Waals surface area (Å²) < 4.78 is 0. The molecule has 0 heterocycles. The van der Waals surface area contributed by atoms with Crippen molar-refractivity contribution in [2.45, 2.75) is 96.8 Å². The van der Waals surface area contributed by atoms with Crippen molar-refractivity contribution in [1.29, 1.82) is 0 Å². The number of aromatic hydroxyl groups is 1. The number of unbranched alkanes of at least 4 members (excludes halogenated alkanes) is 12. The summed E-state index contributed by atoms with van der Waals surface area (Å²) in [4.78, 5) is 0. The second-order valence-corrected chi connectivity index (χ2v) is 6.62. The minimum atomic E-state index is 0. The molecule has 1 rings (SSSR count). The second kappa shape index (κ2) is 17.1. The van der Waals surface area contributed by atoms with Crippen molar-refractivity contribution < 1.29 is 5.11 Å². The Hall–Kier alpha value is 0.280. The first-order chi connectivity index (χ1) is 10.8. The summed E-state index contributed by atoms with van der Waals surface area (Å²) in [6.45, 7) is 2.28. The molecule has 0 aromatic heterocycles. The Morgan fingerprint density at radius 3 is 1.57 bits per heavy atom. The number of para-hydroxylation sites is 1. The van der Waals surface area contributed by atoms with Gasteiger partial charge in [0.2, 0.25) is 0 Å². The van der Waals surface area contributed by atoms with E-state index in [1.165, 1.54) is 83.5 Å². The van der Waals surface area contributed by atoms with Gasteiger partial charge in [0.25, 0.3) is 0 Å². The molecule has 0 aliphatic heterocycles. The standard InChI is InChI=1S/C21H36O.Ca.2H/c1-2-3-4-5-6-7-8-9-10-11-12-13-14-17-20-18-15-16-19-21(20)22;;;/h15-16,18-19,22H,2-14,17H2,1H3;;;. The molecule has 1 aromatic rings. The van der Waals surface area contributed by atoms with Crippen LogP contribution < -0.4 is 0 Å². The first-order valence-electron chi connectivity index (χ1n) is 9.61. The van der Waals surface area contributed by atoms with Crippen LogP contribution in [0.25, 0.3) is 0 Å². The van der Waals surface area contributed by atoms with Crippen molar-refractivity contribution in [3.8, 4) is 5.75 Å². The quantitative estimate of drug-likeness (QED) is 0.318. The zero-order valence-corrected chi connectivity index (χ0v) is 14.7. The monoisotopic (exact) mass is 346 g/mol. The molecule has 0 aliphatic rings. The van der Waals surface area contributed by atoms with Crippen molar-refractivity contribution in [3.05, 3.63) is 29.8 Å². The van der Waals surface area contributed by atoms with Crippen LogP contribution in [0.4, 0.5) is 0 Å². The first-order valence-corrected chi connectivity index (χ1v) is 9.61. The van der Waals surface area contributed by atoms with Gasteiger partial charge in [-0.1, -0.05) is 102 Å². The van der Waals surface area contributed by atoms with Gasteiger partial charge in [0.15, 0.2) is 0 Å². The molecule has 0 spiro atoms. The number of aryl methyl sites for hydroxylation is 1. The molecule has 0 aliphatic carbocycles. The average Bonchev–Trinajstić information content (AvgIpc) is 2.53. The Morgan fingerprint density at radius 1 is 0.652 bits per heavy atom. The molecule has 23 heavy (non-hydrogen) atoms. The van der Waals surface area contributed by atoms with Gasteiger partial charge in [-0.2, -0.15) is 0 Å². The van der Waals surface area contributed by atoms with Gasteiger partial charge in [-0.3, -0.25) is 0 Å². The van der Waals surface area contributed by atoms with E-state index in [-0.39, 0.29) is 37.7 Å². The van der Waals surface area contributed by atoms with E-state index >= 15 is 0 Å². The van der Waals surface area contributed by atoms with E-state index in [9.17, 15) is 5.11 Å². The predicted molar refractivity (Wildman–Crippen MR) is 106 cm³/mol. The number of phenols is 1. The summed E-state index contributed by atoms with van der Waals surface area (Å²) in [5.41, 5.74) is 1.10. The Balaban J connectivity index is 0.00000484. The van der Waals surface area contributed by atoms with Crippen molar-refractivity contribution in [1.82, 2.24) is 0 Å². The summed E-state index contributed by atoms with van der Waals surface area (Å²) in [5, 5.41) is 9.70. The third kappa shape index (κ3) is 13.3. The van der Waals surface area contributed by atoms with Crippen molar-refractivity contribution >= 4 is 37.7 Å². The van der Waals surface area contributed by atoms with Crippen LogP contribution in [0, 0.1) is 0 Å². The summed E-state index contributed by atoms with van der Waals surface area (Å²) >= 11 is 0. The van der Waals surface area contributed by atoms with E-state index in [0.717, 1.165) is 12.0 Å².